The third kappa shape index (κ3) is 52.3. The van der Waals surface area contributed by atoms with Gasteiger partial charge in [-0.25, -0.2) is 0 Å². The van der Waals surface area contributed by atoms with E-state index in [-0.39, 0.29) is 85.3 Å². The molecule has 0 fully saturated rings. The Hall–Kier alpha value is 2.78. The van der Waals surface area contributed by atoms with Gasteiger partial charge in [-0.3, -0.25) is 0 Å². The summed E-state index contributed by atoms with van der Waals surface area (Å²) in [6, 6.07) is 0. The van der Waals surface area contributed by atoms with E-state index in [9.17, 15) is 0 Å². The van der Waals surface area contributed by atoms with Crippen molar-refractivity contribution in [1.82, 2.24) is 0 Å². The van der Waals surface area contributed by atoms with E-state index >= 15 is 0 Å². The minimum atomic E-state index is -2.17. The van der Waals surface area contributed by atoms with E-state index < -0.39 is 7.32 Å². The predicted molar refractivity (Wildman–Crippen MR) is 26.7 cm³/mol. The Balaban J connectivity index is -0.0000000150. The zero-order chi connectivity index (χ0) is 3.58. The van der Waals surface area contributed by atoms with Crippen LogP contribution in [0, 0.1) is 36.9 Å². The molecule has 0 bridgehead atoms. The topological polar surface area (TPSA) is 60.7 Å². The van der Waals surface area contributed by atoms with Crippen molar-refractivity contribution in [3.05, 3.63) is 0 Å². The normalized spacial score (nSPS) is 3.86. The van der Waals surface area contributed by atoms with Crippen LogP contribution in [0.15, 0.2) is 0 Å². The van der Waals surface area contributed by atoms with Gasteiger partial charge in [0.1, 0.15) is 0 Å². The van der Waals surface area contributed by atoms with Crippen molar-refractivity contribution >= 4 is 55.7 Å². The Morgan fingerprint density at radius 3 is 1.00 bits per heavy atom. The molecule has 0 unspecified atom stereocenters. The van der Waals surface area contributed by atoms with Crippen LogP contribution >= 0.6 is 0 Å². The summed E-state index contributed by atoms with van der Waals surface area (Å²) in [4.78, 5) is 0. The fourth-order valence-electron chi connectivity index (χ4n) is 0. The summed E-state index contributed by atoms with van der Waals surface area (Å²) >= 11 is 0. The molecule has 3 nitrogen and oxygen atoms in total. The molecule has 7 heavy (non-hydrogen) atoms. The predicted octanol–water partition coefficient (Wildman–Crippen LogP) is -3.35. The average Bonchev–Trinajstić information content (AvgIpc) is 0.811. The summed E-state index contributed by atoms with van der Waals surface area (Å²) in [5.74, 6) is 0. The molecule has 0 aliphatic heterocycles. The number of hydrogen-bond acceptors (Lipinski definition) is 3. The van der Waals surface area contributed by atoms with Crippen molar-refractivity contribution in [2.45, 2.75) is 0 Å². The van der Waals surface area contributed by atoms with Gasteiger partial charge in [-0.15, -0.1) is 0 Å². The van der Waals surface area contributed by atoms with Crippen molar-refractivity contribution in [3.63, 3.8) is 0 Å². The molecule has 0 saturated heterocycles. The SMILES string of the molecule is OB(O)O.[LiH].[Lu].[NaH]. The maximum atomic E-state index is 7.17. The summed E-state index contributed by atoms with van der Waals surface area (Å²) in [6.07, 6.45) is 0. The number of rotatable bonds is 0. The Labute approximate surface area is 106 Å². The van der Waals surface area contributed by atoms with E-state index in [2.05, 4.69) is 0 Å². The molecule has 3 N–H and O–H groups in total. The maximum absolute atomic E-state index is 7.17. The van der Waals surface area contributed by atoms with Crippen LogP contribution in [0.3, 0.4) is 0 Å². The number of hydrogen-bond donors (Lipinski definition) is 3. The van der Waals surface area contributed by atoms with Gasteiger partial charge in [-0.1, -0.05) is 0 Å². The molecule has 7 heteroatoms. The molecule has 0 atom stereocenters. The monoisotopic (exact) mass is 269 g/mol. The van der Waals surface area contributed by atoms with Gasteiger partial charge in [0.2, 0.25) is 0 Å². The first-order chi connectivity index (χ1) is 1.73. The van der Waals surface area contributed by atoms with Crippen LogP contribution < -0.4 is 0 Å². The zero-order valence-corrected chi connectivity index (χ0v) is 3.83. The second-order valence-corrected chi connectivity index (χ2v) is 0.346. The Bertz CT molecular complexity index is 19.7. The van der Waals surface area contributed by atoms with Gasteiger partial charge in [-0.05, 0) is 0 Å². The molecule has 0 rings (SSSR count). The van der Waals surface area contributed by atoms with Gasteiger partial charge >= 0.3 is 55.7 Å². The van der Waals surface area contributed by atoms with E-state index in [1.807, 2.05) is 0 Å². The third-order valence-electron chi connectivity index (χ3n) is 0. The van der Waals surface area contributed by atoms with Crippen LogP contribution in [0.25, 0.3) is 0 Å². The van der Waals surface area contributed by atoms with Crippen LogP contribution in [0.5, 0.6) is 0 Å². The molecule has 0 aliphatic carbocycles. The summed E-state index contributed by atoms with van der Waals surface area (Å²) in [7, 11) is -2.17. The van der Waals surface area contributed by atoms with Gasteiger partial charge in [0.25, 0.3) is 0 Å². The molecular weight excluding hydrogens is 264 g/mol. The minimum absolute atomic E-state index is 0. The zero-order valence-electron chi connectivity index (χ0n) is 2.18. The average molecular weight is 269 g/mol. The van der Waals surface area contributed by atoms with Gasteiger partial charge in [0.05, 0.1) is 0 Å². The van der Waals surface area contributed by atoms with Gasteiger partial charge in [0.15, 0.2) is 0 Å². The van der Waals surface area contributed by atoms with Crippen LogP contribution in [-0.2, 0) is 0 Å². The van der Waals surface area contributed by atoms with E-state index in [0.717, 1.165) is 0 Å². The first-order valence-corrected chi connectivity index (χ1v) is 0.775. The van der Waals surface area contributed by atoms with E-state index in [4.69, 9.17) is 15.1 Å². The van der Waals surface area contributed by atoms with Crippen LogP contribution in [0.2, 0.25) is 0 Å². The van der Waals surface area contributed by atoms with Crippen LogP contribution in [0.1, 0.15) is 0 Å². The fourth-order valence-corrected chi connectivity index (χ4v) is 0. The van der Waals surface area contributed by atoms with Crippen molar-refractivity contribution in [3.8, 4) is 0 Å². The summed E-state index contributed by atoms with van der Waals surface area (Å²) in [6.45, 7) is 0. The van der Waals surface area contributed by atoms with Crippen molar-refractivity contribution in [2.75, 3.05) is 0 Å². The molecule has 0 heterocycles. The Kier molecular flexibility index (Phi) is 51.3. The standard InChI is InChI=1S/BH3O3.Li.Lu.Na.2H/c2-1(3)4;;;;;/h2-4H;;;;;. The van der Waals surface area contributed by atoms with Crippen molar-refractivity contribution in [1.29, 1.82) is 0 Å². The summed E-state index contributed by atoms with van der Waals surface area (Å²) < 4.78 is 0. The van der Waals surface area contributed by atoms with Crippen molar-refractivity contribution in [2.24, 2.45) is 0 Å². The molecular formula is H5BLiLuNaO3. The Morgan fingerprint density at radius 1 is 1.00 bits per heavy atom. The molecule has 43 valence electrons. The van der Waals surface area contributed by atoms with E-state index in [1.54, 1.807) is 0 Å². The first-order valence-electron chi connectivity index (χ1n) is 0.775. The molecule has 0 aliphatic rings. The molecule has 0 spiro atoms. The van der Waals surface area contributed by atoms with Gasteiger partial charge < -0.3 is 15.1 Å². The molecule has 0 saturated carbocycles. The third-order valence-corrected chi connectivity index (χ3v) is 0. The van der Waals surface area contributed by atoms with Crippen LogP contribution in [0.4, 0.5) is 0 Å². The van der Waals surface area contributed by atoms with Crippen molar-refractivity contribution < 1.29 is 51.9 Å². The fraction of sp³-hybridized carbons (Fsp3) is 0. The second-order valence-electron chi connectivity index (χ2n) is 0.346. The van der Waals surface area contributed by atoms with Gasteiger partial charge in [-0.2, -0.15) is 0 Å². The molecule has 1 radical (unpaired) electrons. The molecule has 0 aromatic rings. The van der Waals surface area contributed by atoms with Crippen LogP contribution in [-0.4, -0.2) is 70.8 Å². The second kappa shape index (κ2) is 15.9. The molecule has 0 aromatic carbocycles. The summed E-state index contributed by atoms with van der Waals surface area (Å²) in [5.41, 5.74) is 0. The summed E-state index contributed by atoms with van der Waals surface area (Å²) in [5, 5.41) is 21.5. The van der Waals surface area contributed by atoms with E-state index in [1.165, 1.54) is 0 Å². The molecule has 0 amide bonds. The van der Waals surface area contributed by atoms with E-state index in [0.29, 0.717) is 0 Å². The Morgan fingerprint density at radius 2 is 1.00 bits per heavy atom. The molecule has 0 aromatic heterocycles. The quantitative estimate of drug-likeness (QED) is 0.403. The first kappa shape index (κ1) is 22.6. The van der Waals surface area contributed by atoms with Gasteiger partial charge in [0, 0.05) is 36.9 Å².